The van der Waals surface area contributed by atoms with E-state index in [0.717, 1.165) is 12.3 Å². The van der Waals surface area contributed by atoms with Gasteiger partial charge in [-0.05, 0) is 31.1 Å². The van der Waals surface area contributed by atoms with Gasteiger partial charge in [0.2, 0.25) is 0 Å². The van der Waals surface area contributed by atoms with Gasteiger partial charge in [-0.3, -0.25) is 0 Å². The first-order valence-corrected chi connectivity index (χ1v) is 7.60. The van der Waals surface area contributed by atoms with Crippen molar-refractivity contribution in [3.05, 3.63) is 4.91 Å². The van der Waals surface area contributed by atoms with Crippen LogP contribution in [0.4, 0.5) is 0 Å². The van der Waals surface area contributed by atoms with Crippen LogP contribution in [0.3, 0.4) is 0 Å². The van der Waals surface area contributed by atoms with E-state index in [4.69, 9.17) is 0 Å². The van der Waals surface area contributed by atoms with Crippen LogP contribution in [0.2, 0.25) is 0 Å². The van der Waals surface area contributed by atoms with Crippen molar-refractivity contribution in [1.82, 2.24) is 0 Å². The summed E-state index contributed by atoms with van der Waals surface area (Å²) in [5.74, 6) is 1.32. The molecular formula is C15H29NO. The zero-order valence-corrected chi connectivity index (χ0v) is 11.7. The number of hydrogen-bond acceptors (Lipinski definition) is 2. The molecule has 0 aromatic rings. The maximum atomic E-state index is 10.9. The fraction of sp³-hybridized carbons (Fsp3) is 1.00. The summed E-state index contributed by atoms with van der Waals surface area (Å²) in [6, 6.07) is 0.0678. The molecule has 0 aromatic heterocycles. The minimum Gasteiger partial charge on any atom is -0.151 e. The minimum atomic E-state index is 0.0678. The molecule has 2 nitrogen and oxygen atoms in total. The Bertz CT molecular complexity index is 205. The van der Waals surface area contributed by atoms with Gasteiger partial charge in [-0.2, -0.15) is 4.91 Å². The fourth-order valence-electron chi connectivity index (χ4n) is 3.20. The van der Waals surface area contributed by atoms with E-state index in [2.05, 4.69) is 19.0 Å². The van der Waals surface area contributed by atoms with Crippen LogP contribution in [0.5, 0.6) is 0 Å². The van der Waals surface area contributed by atoms with Crippen molar-refractivity contribution in [2.75, 3.05) is 0 Å². The lowest BCUT2D eigenvalue weighted by atomic mass is 9.83. The minimum absolute atomic E-state index is 0.0678. The molecule has 0 amide bonds. The molecule has 0 bridgehead atoms. The average molecular weight is 239 g/mol. The number of rotatable bonds is 3. The predicted octanol–water partition coefficient (Wildman–Crippen LogP) is 5.31. The average Bonchev–Trinajstić information content (AvgIpc) is 2.37. The van der Waals surface area contributed by atoms with Crippen molar-refractivity contribution in [3.63, 3.8) is 0 Å². The standard InChI is InChI=1S/C15H29NO/c1-3-15(16-17)14-11-9-7-5-4-6-8-10-13(2)12-14/h13-15H,3-12H2,1-2H3/t13-,14?,15?/m1/s1. The van der Waals surface area contributed by atoms with Gasteiger partial charge in [-0.1, -0.05) is 64.0 Å². The van der Waals surface area contributed by atoms with E-state index in [0.29, 0.717) is 5.92 Å². The molecule has 100 valence electrons. The van der Waals surface area contributed by atoms with Crippen molar-refractivity contribution in [3.8, 4) is 0 Å². The molecular weight excluding hydrogens is 210 g/mol. The Kier molecular flexibility index (Phi) is 7.46. The highest BCUT2D eigenvalue weighted by atomic mass is 16.3. The number of nitrogens with zero attached hydrogens (tertiary/aromatic N) is 1. The Morgan fingerprint density at radius 1 is 1.06 bits per heavy atom. The first-order valence-electron chi connectivity index (χ1n) is 7.60. The van der Waals surface area contributed by atoms with Crippen LogP contribution in [0.15, 0.2) is 5.18 Å². The third-order valence-electron chi connectivity index (χ3n) is 4.32. The molecule has 0 spiro atoms. The van der Waals surface area contributed by atoms with Crippen LogP contribution in [0.25, 0.3) is 0 Å². The monoisotopic (exact) mass is 239 g/mol. The third-order valence-corrected chi connectivity index (χ3v) is 4.32. The van der Waals surface area contributed by atoms with Crippen molar-refractivity contribution < 1.29 is 0 Å². The Morgan fingerprint density at radius 2 is 1.65 bits per heavy atom. The molecule has 0 N–H and O–H groups in total. The molecule has 0 saturated heterocycles. The molecule has 1 saturated carbocycles. The van der Waals surface area contributed by atoms with E-state index in [9.17, 15) is 4.91 Å². The normalized spacial score (nSPS) is 30.2. The van der Waals surface area contributed by atoms with Crippen LogP contribution in [0, 0.1) is 16.7 Å². The second-order valence-corrected chi connectivity index (χ2v) is 5.88. The highest BCUT2D eigenvalue weighted by Crippen LogP contribution is 2.29. The summed E-state index contributed by atoms with van der Waals surface area (Å²) in [6.45, 7) is 4.45. The summed E-state index contributed by atoms with van der Waals surface area (Å²) in [6.07, 6.45) is 12.9. The third kappa shape index (κ3) is 5.65. The lowest BCUT2D eigenvalue weighted by Gasteiger charge is -2.24. The van der Waals surface area contributed by atoms with E-state index in [1.54, 1.807) is 0 Å². The summed E-state index contributed by atoms with van der Waals surface area (Å²) < 4.78 is 0. The molecule has 0 heterocycles. The van der Waals surface area contributed by atoms with Crippen molar-refractivity contribution in [2.45, 2.75) is 84.1 Å². The smallest absolute Gasteiger partial charge is 0.0945 e. The lowest BCUT2D eigenvalue weighted by Crippen LogP contribution is -2.20. The molecule has 0 radical (unpaired) electrons. The Balaban J connectivity index is 2.53. The molecule has 2 unspecified atom stereocenters. The highest BCUT2D eigenvalue weighted by molar-refractivity contribution is 4.77. The topological polar surface area (TPSA) is 29.4 Å². The molecule has 1 aliphatic carbocycles. The molecule has 0 aliphatic heterocycles. The second-order valence-electron chi connectivity index (χ2n) is 5.88. The van der Waals surface area contributed by atoms with Crippen LogP contribution < -0.4 is 0 Å². The van der Waals surface area contributed by atoms with Gasteiger partial charge in [-0.15, -0.1) is 0 Å². The molecule has 17 heavy (non-hydrogen) atoms. The van der Waals surface area contributed by atoms with Crippen LogP contribution in [0.1, 0.15) is 78.1 Å². The highest BCUT2D eigenvalue weighted by Gasteiger charge is 2.22. The molecule has 1 rings (SSSR count). The summed E-state index contributed by atoms with van der Waals surface area (Å²) in [4.78, 5) is 10.9. The van der Waals surface area contributed by atoms with Crippen LogP contribution in [-0.2, 0) is 0 Å². The summed E-state index contributed by atoms with van der Waals surface area (Å²) >= 11 is 0. The van der Waals surface area contributed by atoms with Gasteiger partial charge in [0, 0.05) is 0 Å². The maximum Gasteiger partial charge on any atom is 0.0945 e. The quantitative estimate of drug-likeness (QED) is 0.614. The van der Waals surface area contributed by atoms with Gasteiger partial charge in [0.1, 0.15) is 0 Å². The van der Waals surface area contributed by atoms with E-state index in [1.807, 2.05) is 0 Å². The van der Waals surface area contributed by atoms with Crippen molar-refractivity contribution in [1.29, 1.82) is 0 Å². The SMILES string of the molecule is CCC(N=O)C1CCCCCCCC[C@@H](C)C1. The molecule has 3 atom stereocenters. The van der Waals surface area contributed by atoms with Gasteiger partial charge in [0.05, 0.1) is 6.04 Å². The number of nitroso groups, excluding NO2 is 1. The van der Waals surface area contributed by atoms with E-state index in [-0.39, 0.29) is 6.04 Å². The van der Waals surface area contributed by atoms with Crippen LogP contribution >= 0.6 is 0 Å². The summed E-state index contributed by atoms with van der Waals surface area (Å²) in [5, 5.41) is 3.36. The maximum absolute atomic E-state index is 10.9. The summed E-state index contributed by atoms with van der Waals surface area (Å²) in [7, 11) is 0. The van der Waals surface area contributed by atoms with Crippen LogP contribution in [-0.4, -0.2) is 6.04 Å². The van der Waals surface area contributed by atoms with Crippen molar-refractivity contribution >= 4 is 0 Å². The molecule has 1 aliphatic rings. The van der Waals surface area contributed by atoms with Gasteiger partial charge < -0.3 is 0 Å². The fourth-order valence-corrected chi connectivity index (χ4v) is 3.20. The van der Waals surface area contributed by atoms with E-state index < -0.39 is 0 Å². The number of hydrogen-bond donors (Lipinski definition) is 0. The zero-order chi connectivity index (χ0) is 12.5. The molecule has 2 heteroatoms. The van der Waals surface area contributed by atoms with Gasteiger partial charge >= 0.3 is 0 Å². The largest absolute Gasteiger partial charge is 0.151 e. The molecule has 0 aromatic carbocycles. The summed E-state index contributed by atoms with van der Waals surface area (Å²) in [5.41, 5.74) is 0. The Hall–Kier alpha value is -0.400. The van der Waals surface area contributed by atoms with E-state index >= 15 is 0 Å². The van der Waals surface area contributed by atoms with Gasteiger partial charge in [0.15, 0.2) is 0 Å². The first-order chi connectivity index (χ1) is 8.27. The second kappa shape index (κ2) is 8.66. The van der Waals surface area contributed by atoms with Crippen molar-refractivity contribution in [2.24, 2.45) is 17.0 Å². The van der Waals surface area contributed by atoms with Gasteiger partial charge in [-0.25, -0.2) is 0 Å². The van der Waals surface area contributed by atoms with Gasteiger partial charge in [0.25, 0.3) is 0 Å². The molecule has 1 fully saturated rings. The Labute approximate surface area is 107 Å². The van der Waals surface area contributed by atoms with E-state index in [1.165, 1.54) is 57.8 Å². The Morgan fingerprint density at radius 3 is 2.24 bits per heavy atom. The predicted molar refractivity (Wildman–Crippen MR) is 74.1 cm³/mol. The first kappa shape index (κ1) is 14.7. The zero-order valence-electron chi connectivity index (χ0n) is 11.7. The lowest BCUT2D eigenvalue weighted by molar-refractivity contribution is 0.294.